The van der Waals surface area contributed by atoms with E-state index in [4.69, 9.17) is 4.74 Å². The zero-order valence-corrected chi connectivity index (χ0v) is 17.2. The number of benzene rings is 1. The quantitative estimate of drug-likeness (QED) is 0.804. The summed E-state index contributed by atoms with van der Waals surface area (Å²) < 4.78 is 7.33. The lowest BCUT2D eigenvalue weighted by atomic mass is 9.78. The van der Waals surface area contributed by atoms with Crippen LogP contribution in [0, 0.1) is 0 Å². The van der Waals surface area contributed by atoms with Crippen molar-refractivity contribution < 1.29 is 9.53 Å². The van der Waals surface area contributed by atoms with Crippen molar-refractivity contribution in [2.45, 2.75) is 57.2 Å². The number of aromatic nitrogens is 2. The van der Waals surface area contributed by atoms with Gasteiger partial charge in [0.05, 0.1) is 30.5 Å². The first kappa shape index (κ1) is 20.7. The molecule has 2 aromatic rings. The molecule has 1 aliphatic carbocycles. The van der Waals surface area contributed by atoms with E-state index in [1.807, 2.05) is 24.3 Å². The molecule has 152 valence electrons. The molecule has 1 aromatic carbocycles. The SMILES string of the molecule is COc1ccc(C2(C(=O)NCc3cc4n(n3)CCCNC4)CCCC2)cc1.Cl. The Morgan fingerprint density at radius 1 is 1.25 bits per heavy atom. The Bertz CT molecular complexity index is 774. The van der Waals surface area contributed by atoms with Gasteiger partial charge in [-0.3, -0.25) is 9.48 Å². The van der Waals surface area contributed by atoms with Gasteiger partial charge in [-0.1, -0.05) is 25.0 Å². The summed E-state index contributed by atoms with van der Waals surface area (Å²) in [5.41, 5.74) is 2.79. The summed E-state index contributed by atoms with van der Waals surface area (Å²) in [6, 6.07) is 10.1. The van der Waals surface area contributed by atoms with Crippen molar-refractivity contribution >= 4 is 18.3 Å². The molecule has 4 rings (SSSR count). The second kappa shape index (κ2) is 8.97. The molecular formula is C21H29ClN4O2. The number of nitrogens with zero attached hydrogens (tertiary/aromatic N) is 2. The Morgan fingerprint density at radius 2 is 2.00 bits per heavy atom. The average Bonchev–Trinajstić information content (AvgIpc) is 3.29. The lowest BCUT2D eigenvalue weighted by molar-refractivity contribution is -0.126. The highest BCUT2D eigenvalue weighted by molar-refractivity contribution is 5.88. The van der Waals surface area contributed by atoms with E-state index < -0.39 is 5.41 Å². The second-order valence-corrected chi connectivity index (χ2v) is 7.58. The van der Waals surface area contributed by atoms with Gasteiger partial charge in [-0.2, -0.15) is 5.10 Å². The van der Waals surface area contributed by atoms with E-state index in [9.17, 15) is 4.79 Å². The number of fused-ring (bicyclic) bond motifs is 1. The van der Waals surface area contributed by atoms with E-state index in [0.717, 1.165) is 68.7 Å². The third-order valence-electron chi connectivity index (χ3n) is 5.91. The molecule has 0 spiro atoms. The van der Waals surface area contributed by atoms with E-state index in [1.165, 1.54) is 5.69 Å². The van der Waals surface area contributed by atoms with Crippen molar-refractivity contribution in [3.05, 3.63) is 47.3 Å². The van der Waals surface area contributed by atoms with Crippen LogP contribution in [0.3, 0.4) is 0 Å². The normalized spacial score (nSPS) is 17.9. The van der Waals surface area contributed by atoms with Gasteiger partial charge in [0, 0.05) is 13.1 Å². The van der Waals surface area contributed by atoms with E-state index in [1.54, 1.807) is 7.11 Å². The molecule has 0 saturated heterocycles. The number of amides is 1. The van der Waals surface area contributed by atoms with E-state index in [2.05, 4.69) is 26.5 Å². The van der Waals surface area contributed by atoms with Crippen LogP contribution in [0.1, 0.15) is 49.1 Å². The summed E-state index contributed by atoms with van der Waals surface area (Å²) in [6.07, 6.45) is 5.05. The molecule has 0 radical (unpaired) electrons. The van der Waals surface area contributed by atoms with Gasteiger partial charge in [0.1, 0.15) is 5.75 Å². The second-order valence-electron chi connectivity index (χ2n) is 7.58. The van der Waals surface area contributed by atoms with Gasteiger partial charge in [-0.05, 0) is 49.6 Å². The highest BCUT2D eigenvalue weighted by Gasteiger charge is 2.42. The Labute approximate surface area is 172 Å². The highest BCUT2D eigenvalue weighted by Crippen LogP contribution is 2.41. The molecule has 0 bridgehead atoms. The molecular weight excluding hydrogens is 376 g/mol. The number of hydrogen-bond acceptors (Lipinski definition) is 4. The number of nitrogens with one attached hydrogen (secondary N) is 2. The number of halogens is 1. The van der Waals surface area contributed by atoms with Gasteiger partial charge < -0.3 is 15.4 Å². The fourth-order valence-electron chi connectivity index (χ4n) is 4.38. The molecule has 1 saturated carbocycles. The fourth-order valence-corrected chi connectivity index (χ4v) is 4.38. The fraction of sp³-hybridized carbons (Fsp3) is 0.524. The first-order valence-electron chi connectivity index (χ1n) is 9.90. The topological polar surface area (TPSA) is 68.2 Å². The summed E-state index contributed by atoms with van der Waals surface area (Å²) in [5.74, 6) is 0.937. The predicted molar refractivity (Wildman–Crippen MR) is 111 cm³/mol. The molecule has 0 atom stereocenters. The average molecular weight is 405 g/mol. The molecule has 6 nitrogen and oxygen atoms in total. The lowest BCUT2D eigenvalue weighted by Gasteiger charge is -2.28. The predicted octanol–water partition coefficient (Wildman–Crippen LogP) is 2.94. The molecule has 7 heteroatoms. The summed E-state index contributed by atoms with van der Waals surface area (Å²) in [5, 5.41) is 11.2. The molecule has 2 N–H and O–H groups in total. The van der Waals surface area contributed by atoms with Crippen LogP contribution in [0.25, 0.3) is 0 Å². The van der Waals surface area contributed by atoms with Gasteiger partial charge in [0.25, 0.3) is 0 Å². The van der Waals surface area contributed by atoms with Crippen molar-refractivity contribution in [1.82, 2.24) is 20.4 Å². The van der Waals surface area contributed by atoms with Crippen LogP contribution in [0.15, 0.2) is 30.3 Å². The van der Waals surface area contributed by atoms with E-state index in [-0.39, 0.29) is 18.3 Å². The minimum atomic E-state index is -0.426. The van der Waals surface area contributed by atoms with Gasteiger partial charge in [0.15, 0.2) is 0 Å². The van der Waals surface area contributed by atoms with E-state index >= 15 is 0 Å². The van der Waals surface area contributed by atoms with Crippen molar-refractivity contribution in [1.29, 1.82) is 0 Å². The van der Waals surface area contributed by atoms with Gasteiger partial charge >= 0.3 is 0 Å². The zero-order chi connectivity index (χ0) is 18.7. The highest BCUT2D eigenvalue weighted by atomic mass is 35.5. The van der Waals surface area contributed by atoms with Gasteiger partial charge in [-0.15, -0.1) is 12.4 Å². The van der Waals surface area contributed by atoms with Crippen LogP contribution < -0.4 is 15.4 Å². The Hall–Kier alpha value is -2.05. The van der Waals surface area contributed by atoms with Gasteiger partial charge in [0.2, 0.25) is 5.91 Å². The molecule has 2 aliphatic rings. The monoisotopic (exact) mass is 404 g/mol. The molecule has 1 aliphatic heterocycles. The van der Waals surface area contributed by atoms with Crippen molar-refractivity contribution in [2.75, 3.05) is 13.7 Å². The van der Waals surface area contributed by atoms with Crippen LogP contribution in [-0.2, 0) is 29.8 Å². The number of hydrogen-bond donors (Lipinski definition) is 2. The zero-order valence-electron chi connectivity index (χ0n) is 16.4. The number of methoxy groups -OCH3 is 1. The molecule has 1 aromatic heterocycles. The first-order valence-corrected chi connectivity index (χ1v) is 9.90. The number of carbonyl (C=O) groups excluding carboxylic acids is 1. The van der Waals surface area contributed by atoms with Gasteiger partial charge in [-0.25, -0.2) is 0 Å². The standard InChI is InChI=1S/C21H28N4O2.ClH/c1-27-19-7-5-16(6-8-19)21(9-2-3-10-21)20(26)23-14-17-13-18-15-22-11-4-12-25(18)24-17;/h5-8,13,22H,2-4,9-12,14-15H2,1H3,(H,23,26);1H. The molecule has 0 unspecified atom stereocenters. The van der Waals surface area contributed by atoms with Crippen molar-refractivity contribution in [3.8, 4) is 5.75 Å². The summed E-state index contributed by atoms with van der Waals surface area (Å²) >= 11 is 0. The van der Waals surface area contributed by atoms with Crippen LogP contribution in [0.5, 0.6) is 5.75 Å². The third-order valence-corrected chi connectivity index (χ3v) is 5.91. The molecule has 28 heavy (non-hydrogen) atoms. The maximum atomic E-state index is 13.2. The number of rotatable bonds is 5. The molecule has 1 amide bonds. The third kappa shape index (κ3) is 4.03. The Morgan fingerprint density at radius 3 is 2.71 bits per heavy atom. The minimum Gasteiger partial charge on any atom is -0.497 e. The Balaban J connectivity index is 0.00000225. The molecule has 1 fully saturated rings. The van der Waals surface area contributed by atoms with E-state index in [0.29, 0.717) is 6.54 Å². The van der Waals surface area contributed by atoms with Crippen LogP contribution in [0.4, 0.5) is 0 Å². The van der Waals surface area contributed by atoms with Crippen molar-refractivity contribution in [2.24, 2.45) is 0 Å². The summed E-state index contributed by atoms with van der Waals surface area (Å²) in [6.45, 7) is 3.29. The van der Waals surface area contributed by atoms with Crippen molar-refractivity contribution in [3.63, 3.8) is 0 Å². The maximum Gasteiger partial charge on any atom is 0.230 e. The number of aryl methyl sites for hydroxylation is 1. The maximum absolute atomic E-state index is 13.2. The first-order chi connectivity index (χ1) is 13.2. The van der Waals surface area contributed by atoms with Crippen LogP contribution in [-0.4, -0.2) is 29.3 Å². The Kier molecular flexibility index (Phi) is 6.62. The molecule has 2 heterocycles. The van der Waals surface area contributed by atoms with Crippen LogP contribution in [0.2, 0.25) is 0 Å². The summed E-state index contributed by atoms with van der Waals surface area (Å²) in [4.78, 5) is 13.2. The smallest absolute Gasteiger partial charge is 0.230 e. The number of ether oxygens (including phenoxy) is 1. The summed E-state index contributed by atoms with van der Waals surface area (Å²) in [7, 11) is 1.66. The van der Waals surface area contributed by atoms with Crippen LogP contribution >= 0.6 is 12.4 Å². The largest absolute Gasteiger partial charge is 0.497 e. The lowest BCUT2D eigenvalue weighted by Crippen LogP contribution is -2.42. The number of carbonyl (C=O) groups is 1. The minimum absolute atomic E-state index is 0.